The molecular weight excluding hydrogens is 259 g/mol. The van der Waals surface area contributed by atoms with Crippen molar-refractivity contribution in [3.05, 3.63) is 29.6 Å². The molecule has 0 spiro atoms. The second-order valence-corrected chi connectivity index (χ2v) is 5.16. The molecule has 0 saturated carbocycles. The fourth-order valence-electron chi connectivity index (χ4n) is 2.71. The van der Waals surface area contributed by atoms with Gasteiger partial charge in [-0.15, -0.1) is 0 Å². The van der Waals surface area contributed by atoms with Gasteiger partial charge in [0.05, 0.1) is 0 Å². The Morgan fingerprint density at radius 3 is 3.00 bits per heavy atom. The van der Waals surface area contributed by atoms with E-state index in [-0.39, 0.29) is 24.0 Å². The molecule has 1 fully saturated rings. The van der Waals surface area contributed by atoms with Crippen LogP contribution < -0.4 is 5.49 Å². The summed E-state index contributed by atoms with van der Waals surface area (Å²) in [6, 6.07) is 2.85. The fourth-order valence-corrected chi connectivity index (χ4v) is 2.71. The Bertz CT molecular complexity index is 528. The van der Waals surface area contributed by atoms with Crippen LogP contribution >= 0.6 is 0 Å². The second kappa shape index (κ2) is 6.76. The Labute approximate surface area is 117 Å². The van der Waals surface area contributed by atoms with Crippen LogP contribution in [0.1, 0.15) is 25.7 Å². The smallest absolute Gasteiger partial charge is 0.139 e. The van der Waals surface area contributed by atoms with E-state index in [9.17, 15) is 4.39 Å². The summed E-state index contributed by atoms with van der Waals surface area (Å²) in [7, 11) is 0. The third-order valence-electron chi connectivity index (χ3n) is 3.73. The number of rotatable bonds is 5. The first kappa shape index (κ1) is 14.9. The van der Waals surface area contributed by atoms with E-state index in [1.165, 1.54) is 22.9 Å². The van der Waals surface area contributed by atoms with Crippen molar-refractivity contribution in [2.75, 3.05) is 19.7 Å². The Kier molecular flexibility index (Phi) is 5.03. The van der Waals surface area contributed by atoms with Crippen LogP contribution in [0.2, 0.25) is 0 Å². The minimum atomic E-state index is -0.436. The molecule has 6 heteroatoms. The van der Waals surface area contributed by atoms with Crippen LogP contribution in [0.15, 0.2) is 18.3 Å². The molecule has 1 atom stereocenters. The number of aliphatic hydroxyl groups excluding tert-OH is 1. The Hall–Kier alpha value is -1.53. The lowest BCUT2D eigenvalue weighted by molar-refractivity contribution is 0.214. The second-order valence-electron chi connectivity index (χ2n) is 5.16. The van der Waals surface area contributed by atoms with Crippen molar-refractivity contribution in [1.29, 1.82) is 10.8 Å². The molecule has 20 heavy (non-hydrogen) atoms. The lowest BCUT2D eigenvalue weighted by atomic mass is 10.1. The number of halogens is 1. The van der Waals surface area contributed by atoms with Crippen LogP contribution in [0, 0.1) is 16.6 Å². The number of pyridine rings is 1. The van der Waals surface area contributed by atoms with E-state index in [0.717, 1.165) is 32.4 Å². The topological polar surface area (TPSA) is 76.1 Å². The maximum atomic E-state index is 13.2. The summed E-state index contributed by atoms with van der Waals surface area (Å²) < 4.78 is 14.5. The van der Waals surface area contributed by atoms with Gasteiger partial charge in [0.1, 0.15) is 17.1 Å². The highest BCUT2D eigenvalue weighted by Gasteiger charge is 2.25. The van der Waals surface area contributed by atoms with Crippen LogP contribution in [0.5, 0.6) is 0 Å². The number of hydrogen-bond donors (Lipinski definition) is 3. The Morgan fingerprint density at radius 2 is 2.25 bits per heavy atom. The van der Waals surface area contributed by atoms with Gasteiger partial charge in [0, 0.05) is 31.8 Å². The first-order chi connectivity index (χ1) is 9.61. The fraction of sp³-hybridized carbons (Fsp3) is 0.571. The van der Waals surface area contributed by atoms with Crippen molar-refractivity contribution >= 4 is 5.84 Å². The number of likely N-dealkylation sites (tertiary alicyclic amines) is 1. The van der Waals surface area contributed by atoms with Gasteiger partial charge in [-0.1, -0.05) is 0 Å². The van der Waals surface area contributed by atoms with Gasteiger partial charge in [-0.3, -0.25) is 20.3 Å². The minimum Gasteiger partial charge on any atom is -0.396 e. The Morgan fingerprint density at radius 1 is 1.45 bits per heavy atom. The van der Waals surface area contributed by atoms with Crippen molar-refractivity contribution in [1.82, 2.24) is 9.47 Å². The molecule has 1 aromatic heterocycles. The number of hydrogen-bond acceptors (Lipinski definition) is 4. The largest absolute Gasteiger partial charge is 0.396 e. The quantitative estimate of drug-likeness (QED) is 0.559. The van der Waals surface area contributed by atoms with E-state index in [1.54, 1.807) is 0 Å². The van der Waals surface area contributed by atoms with Crippen molar-refractivity contribution in [3.8, 4) is 0 Å². The normalized spacial score (nSPS) is 19.4. The maximum absolute atomic E-state index is 13.2. The summed E-state index contributed by atoms with van der Waals surface area (Å²) >= 11 is 0. The van der Waals surface area contributed by atoms with Gasteiger partial charge in [-0.05, 0) is 37.9 Å². The molecule has 1 aliphatic heterocycles. The predicted octanol–water partition coefficient (Wildman–Crippen LogP) is 1.17. The highest BCUT2D eigenvalue weighted by Crippen LogP contribution is 2.20. The molecule has 5 nitrogen and oxygen atoms in total. The molecular formula is C14H21FN4O. The zero-order valence-corrected chi connectivity index (χ0v) is 11.5. The summed E-state index contributed by atoms with van der Waals surface area (Å²) in [5, 5.41) is 24.7. The van der Waals surface area contributed by atoms with E-state index >= 15 is 0 Å². The van der Waals surface area contributed by atoms with Gasteiger partial charge >= 0.3 is 0 Å². The maximum Gasteiger partial charge on any atom is 0.139 e. The van der Waals surface area contributed by atoms with Crippen LogP contribution in [-0.4, -0.2) is 46.1 Å². The lowest BCUT2D eigenvalue weighted by Crippen LogP contribution is -2.36. The van der Waals surface area contributed by atoms with E-state index in [1.807, 2.05) is 0 Å². The summed E-state index contributed by atoms with van der Waals surface area (Å²) in [5.41, 5.74) is 0.122. The van der Waals surface area contributed by atoms with Gasteiger partial charge in [0.25, 0.3) is 0 Å². The first-order valence-corrected chi connectivity index (χ1v) is 6.97. The summed E-state index contributed by atoms with van der Waals surface area (Å²) in [4.78, 5) is 2.27. The third kappa shape index (κ3) is 3.52. The number of aromatic nitrogens is 1. The molecule has 0 amide bonds. The van der Waals surface area contributed by atoms with Gasteiger partial charge < -0.3 is 5.11 Å². The van der Waals surface area contributed by atoms with E-state index in [2.05, 4.69) is 4.90 Å². The van der Waals surface area contributed by atoms with Crippen molar-refractivity contribution in [3.63, 3.8) is 0 Å². The van der Waals surface area contributed by atoms with Gasteiger partial charge in [0.2, 0.25) is 0 Å². The predicted molar refractivity (Wildman–Crippen MR) is 74.3 cm³/mol. The highest BCUT2D eigenvalue weighted by molar-refractivity contribution is 5.81. The molecule has 2 heterocycles. The standard InChI is InChI=1S/C14H21FN4O/c15-11-4-5-13(16)19(10-11)14(17)9-12-3-1-6-18(12)7-2-8-20/h4-5,10,12,16-17,20H,1-3,6-9H2. The number of nitrogens with zero attached hydrogens (tertiary/aromatic N) is 2. The van der Waals surface area contributed by atoms with E-state index in [4.69, 9.17) is 15.9 Å². The van der Waals surface area contributed by atoms with Gasteiger partial charge in [-0.25, -0.2) is 4.39 Å². The average Bonchev–Trinajstić information content (AvgIpc) is 2.86. The van der Waals surface area contributed by atoms with Crippen molar-refractivity contribution in [2.24, 2.45) is 0 Å². The monoisotopic (exact) mass is 280 g/mol. The first-order valence-electron chi connectivity index (χ1n) is 6.97. The van der Waals surface area contributed by atoms with Crippen LogP contribution in [0.4, 0.5) is 4.39 Å². The molecule has 0 aliphatic carbocycles. The van der Waals surface area contributed by atoms with E-state index < -0.39 is 5.82 Å². The molecule has 3 N–H and O–H groups in total. The zero-order valence-electron chi connectivity index (χ0n) is 11.5. The van der Waals surface area contributed by atoms with Gasteiger partial charge in [-0.2, -0.15) is 0 Å². The molecule has 0 aromatic carbocycles. The summed E-state index contributed by atoms with van der Waals surface area (Å²) in [6.45, 7) is 1.99. The number of aliphatic hydroxyl groups is 1. The molecule has 1 aromatic rings. The molecule has 110 valence electrons. The minimum absolute atomic E-state index is 0.122. The molecule has 1 unspecified atom stereocenters. The summed E-state index contributed by atoms with van der Waals surface area (Å²) in [5.74, 6) is -0.190. The molecule has 0 bridgehead atoms. The van der Waals surface area contributed by atoms with Crippen molar-refractivity contribution < 1.29 is 9.50 Å². The Balaban J connectivity index is 2.03. The van der Waals surface area contributed by atoms with Crippen LogP contribution in [-0.2, 0) is 0 Å². The lowest BCUT2D eigenvalue weighted by Gasteiger charge is -2.24. The highest BCUT2D eigenvalue weighted by atomic mass is 19.1. The molecule has 1 aliphatic rings. The van der Waals surface area contributed by atoms with Crippen molar-refractivity contribution in [2.45, 2.75) is 31.7 Å². The zero-order chi connectivity index (χ0) is 14.5. The number of nitrogens with one attached hydrogen (secondary N) is 2. The SMILES string of the molecule is N=C(CC1CCCN1CCCO)n1cc(F)ccc1=N. The average molecular weight is 280 g/mol. The molecule has 2 rings (SSSR count). The third-order valence-corrected chi connectivity index (χ3v) is 3.73. The summed E-state index contributed by atoms with van der Waals surface area (Å²) in [6.07, 6.45) is 4.53. The molecule has 1 saturated heterocycles. The van der Waals surface area contributed by atoms with E-state index in [0.29, 0.717) is 6.42 Å². The van der Waals surface area contributed by atoms with Crippen LogP contribution in [0.3, 0.4) is 0 Å². The molecule has 0 radical (unpaired) electrons. The van der Waals surface area contributed by atoms with Gasteiger partial charge in [0.15, 0.2) is 0 Å². The van der Waals surface area contributed by atoms with Crippen LogP contribution in [0.25, 0.3) is 0 Å².